The van der Waals surface area contributed by atoms with Crippen LogP contribution in [-0.4, -0.2) is 32.2 Å². The molecule has 1 aromatic carbocycles. The van der Waals surface area contributed by atoms with Crippen LogP contribution in [0.25, 0.3) is 11.0 Å². The van der Waals surface area contributed by atoms with Crippen LogP contribution in [0.4, 0.5) is 10.1 Å². The van der Waals surface area contributed by atoms with Gasteiger partial charge in [-0.2, -0.15) is 0 Å². The Labute approximate surface area is 127 Å². The van der Waals surface area contributed by atoms with Gasteiger partial charge in [0.25, 0.3) is 5.91 Å². The highest BCUT2D eigenvalue weighted by Gasteiger charge is 2.26. The van der Waals surface area contributed by atoms with Crippen LogP contribution in [0.15, 0.2) is 33.5 Å². The average Bonchev–Trinajstić information content (AvgIpc) is 2.52. The number of hydrogen-bond donors (Lipinski definition) is 1. The van der Waals surface area contributed by atoms with Crippen molar-refractivity contribution in [3.05, 3.63) is 40.2 Å². The second kappa shape index (κ2) is 6.60. The van der Waals surface area contributed by atoms with E-state index >= 15 is 0 Å². The minimum Gasteiger partial charge on any atom is -0.422 e. The van der Waals surface area contributed by atoms with E-state index in [2.05, 4.69) is 5.32 Å². The van der Waals surface area contributed by atoms with Gasteiger partial charge in [-0.3, -0.25) is 4.79 Å². The predicted molar refractivity (Wildman–Crippen MR) is 84.3 cm³/mol. The number of hydrogen-bond acceptors (Lipinski definition) is 4. The molecular formula is C16H19FN2O3. The normalized spacial score (nSPS) is 14.1. The number of benzene rings is 1. The van der Waals surface area contributed by atoms with Gasteiger partial charge in [0.15, 0.2) is 0 Å². The number of amides is 1. The Morgan fingerprint density at radius 3 is 2.59 bits per heavy atom. The third-order valence-electron chi connectivity index (χ3n) is 3.39. The highest BCUT2D eigenvalue weighted by molar-refractivity contribution is 5.96. The van der Waals surface area contributed by atoms with E-state index < -0.39 is 17.7 Å². The van der Waals surface area contributed by atoms with Crippen LogP contribution < -0.4 is 15.8 Å². The maximum absolute atomic E-state index is 12.9. The lowest BCUT2D eigenvalue weighted by atomic mass is 10.1. The van der Waals surface area contributed by atoms with Gasteiger partial charge in [-0.25, -0.2) is 9.18 Å². The quantitative estimate of drug-likeness (QED) is 0.865. The summed E-state index contributed by atoms with van der Waals surface area (Å²) in [7, 11) is 1.45. The Hall–Kier alpha value is -2.37. The van der Waals surface area contributed by atoms with Crippen LogP contribution in [0.5, 0.6) is 0 Å². The standard InChI is InChI=1S/C14H13FN2O3.C2H6/c1-16-13(18)11-4-8-2-3-10(17-6-9(15)7-17)5-12(8)20-14(11)19;1-2/h2-5,9H,6-7H2,1H3,(H,16,18);1-2H3. The molecule has 2 aromatic rings. The molecule has 0 radical (unpaired) electrons. The number of halogens is 1. The zero-order valence-corrected chi connectivity index (χ0v) is 12.9. The fourth-order valence-electron chi connectivity index (χ4n) is 2.23. The van der Waals surface area contributed by atoms with Crippen molar-refractivity contribution in [1.29, 1.82) is 0 Å². The minimum absolute atomic E-state index is 0.0273. The highest BCUT2D eigenvalue weighted by Crippen LogP contribution is 2.26. The number of anilines is 1. The number of nitrogens with one attached hydrogen (secondary N) is 1. The van der Waals surface area contributed by atoms with E-state index in [1.165, 1.54) is 13.1 Å². The molecule has 6 heteroatoms. The van der Waals surface area contributed by atoms with E-state index in [4.69, 9.17) is 4.42 Å². The van der Waals surface area contributed by atoms with Gasteiger partial charge >= 0.3 is 5.63 Å². The van der Waals surface area contributed by atoms with Crippen molar-refractivity contribution in [2.24, 2.45) is 0 Å². The summed E-state index contributed by atoms with van der Waals surface area (Å²) in [6.45, 7) is 4.71. The van der Waals surface area contributed by atoms with Crippen molar-refractivity contribution in [2.75, 3.05) is 25.0 Å². The van der Waals surface area contributed by atoms with Gasteiger partial charge in [0.05, 0.1) is 13.1 Å². The summed E-state index contributed by atoms with van der Waals surface area (Å²) in [5.74, 6) is -0.479. The molecule has 0 spiro atoms. The summed E-state index contributed by atoms with van der Waals surface area (Å²) in [6.07, 6.45) is -0.798. The Morgan fingerprint density at radius 1 is 1.32 bits per heavy atom. The van der Waals surface area contributed by atoms with Crippen molar-refractivity contribution in [3.8, 4) is 0 Å². The summed E-state index contributed by atoms with van der Waals surface area (Å²) in [5, 5.41) is 3.05. The van der Waals surface area contributed by atoms with E-state index in [1.54, 1.807) is 12.1 Å². The van der Waals surface area contributed by atoms with Gasteiger partial charge in [-0.05, 0) is 18.2 Å². The van der Waals surface area contributed by atoms with Crippen LogP contribution >= 0.6 is 0 Å². The average molecular weight is 306 g/mol. The Morgan fingerprint density at radius 2 is 2.00 bits per heavy atom. The van der Waals surface area contributed by atoms with Crippen molar-refractivity contribution in [1.82, 2.24) is 5.32 Å². The van der Waals surface area contributed by atoms with Gasteiger partial charge in [0, 0.05) is 24.2 Å². The third kappa shape index (κ3) is 2.95. The maximum Gasteiger partial charge on any atom is 0.349 e. The molecule has 1 saturated heterocycles. The molecule has 1 aromatic heterocycles. The van der Waals surface area contributed by atoms with Crippen LogP contribution in [0.3, 0.4) is 0 Å². The Balaban J connectivity index is 0.000000847. The van der Waals surface area contributed by atoms with E-state index in [0.29, 0.717) is 24.1 Å². The molecule has 0 unspecified atom stereocenters. The number of nitrogens with zero attached hydrogens (tertiary/aromatic N) is 1. The second-order valence-corrected chi connectivity index (χ2v) is 4.75. The first kappa shape index (κ1) is 16.0. The van der Waals surface area contributed by atoms with Gasteiger partial charge in [-0.1, -0.05) is 13.8 Å². The van der Waals surface area contributed by atoms with E-state index in [1.807, 2.05) is 24.8 Å². The number of fused-ring (bicyclic) bond motifs is 1. The van der Waals surface area contributed by atoms with Crippen molar-refractivity contribution in [3.63, 3.8) is 0 Å². The van der Waals surface area contributed by atoms with Gasteiger partial charge < -0.3 is 14.6 Å². The summed E-state index contributed by atoms with van der Waals surface area (Å²) in [5.41, 5.74) is 0.492. The topological polar surface area (TPSA) is 62.6 Å². The Bertz CT molecular complexity index is 736. The molecule has 3 rings (SSSR count). The molecule has 118 valence electrons. The molecule has 0 bridgehead atoms. The number of alkyl halides is 1. The van der Waals surface area contributed by atoms with Gasteiger partial charge in [0.2, 0.25) is 0 Å². The summed E-state index contributed by atoms with van der Waals surface area (Å²) >= 11 is 0. The Kier molecular flexibility index (Phi) is 4.80. The van der Waals surface area contributed by atoms with Gasteiger partial charge in [-0.15, -0.1) is 0 Å². The smallest absolute Gasteiger partial charge is 0.349 e. The number of carbonyl (C=O) groups excluding carboxylic acids is 1. The fraction of sp³-hybridized carbons (Fsp3) is 0.375. The van der Waals surface area contributed by atoms with E-state index in [9.17, 15) is 14.0 Å². The zero-order valence-electron chi connectivity index (χ0n) is 12.9. The molecule has 22 heavy (non-hydrogen) atoms. The lowest BCUT2D eigenvalue weighted by Crippen LogP contribution is -2.48. The highest BCUT2D eigenvalue weighted by atomic mass is 19.1. The predicted octanol–water partition coefficient (Wildman–Crippen LogP) is 2.34. The molecule has 2 heterocycles. The summed E-state index contributed by atoms with van der Waals surface area (Å²) in [6, 6.07) is 6.77. The zero-order chi connectivity index (χ0) is 16.3. The third-order valence-corrected chi connectivity index (χ3v) is 3.39. The first-order valence-electron chi connectivity index (χ1n) is 7.27. The van der Waals surface area contributed by atoms with Crippen LogP contribution in [0.2, 0.25) is 0 Å². The molecule has 1 aliphatic rings. The second-order valence-electron chi connectivity index (χ2n) is 4.75. The molecule has 0 aliphatic carbocycles. The first-order valence-corrected chi connectivity index (χ1v) is 7.27. The largest absolute Gasteiger partial charge is 0.422 e. The minimum atomic E-state index is -0.798. The molecule has 1 aliphatic heterocycles. The van der Waals surface area contributed by atoms with Crippen molar-refractivity contribution >= 4 is 22.6 Å². The van der Waals surface area contributed by atoms with E-state index in [-0.39, 0.29) is 5.56 Å². The molecule has 0 saturated carbocycles. The number of rotatable bonds is 2. The molecule has 1 N–H and O–H groups in total. The van der Waals surface area contributed by atoms with Gasteiger partial charge in [0.1, 0.15) is 17.3 Å². The molecule has 1 amide bonds. The lowest BCUT2D eigenvalue weighted by Gasteiger charge is -2.36. The SMILES string of the molecule is CC.CNC(=O)c1cc2ccc(N3CC(F)C3)cc2oc1=O. The van der Waals surface area contributed by atoms with Crippen molar-refractivity contribution in [2.45, 2.75) is 20.0 Å². The van der Waals surface area contributed by atoms with Crippen LogP contribution in [0.1, 0.15) is 24.2 Å². The lowest BCUT2D eigenvalue weighted by molar-refractivity contribution is 0.0959. The van der Waals surface area contributed by atoms with Crippen LogP contribution in [-0.2, 0) is 0 Å². The first-order chi connectivity index (χ1) is 10.6. The van der Waals surface area contributed by atoms with E-state index in [0.717, 1.165) is 5.69 Å². The molecule has 1 fully saturated rings. The molecule has 0 atom stereocenters. The maximum atomic E-state index is 12.9. The van der Waals surface area contributed by atoms with Crippen LogP contribution in [0, 0.1) is 0 Å². The van der Waals surface area contributed by atoms with Crippen molar-refractivity contribution < 1.29 is 13.6 Å². The number of carbonyl (C=O) groups is 1. The summed E-state index contributed by atoms with van der Waals surface area (Å²) in [4.78, 5) is 25.1. The summed E-state index contributed by atoms with van der Waals surface area (Å²) < 4.78 is 18.0. The molecule has 5 nitrogen and oxygen atoms in total. The monoisotopic (exact) mass is 306 g/mol. The fourth-order valence-corrected chi connectivity index (χ4v) is 2.23. The molecular weight excluding hydrogens is 287 g/mol.